The maximum atomic E-state index is 12.5. The van der Waals surface area contributed by atoms with E-state index in [-0.39, 0.29) is 18.5 Å². The number of nitrogens with one attached hydrogen (secondary N) is 2. The maximum absolute atomic E-state index is 12.5. The molecule has 2 amide bonds. The van der Waals surface area contributed by atoms with Crippen molar-refractivity contribution in [3.8, 4) is 0 Å². The zero-order valence-corrected chi connectivity index (χ0v) is 16.6. The van der Waals surface area contributed by atoms with E-state index < -0.39 is 22.5 Å². The number of sulfonamides is 1. The number of rotatable bonds is 9. The Balaban J connectivity index is 2.00. The van der Waals surface area contributed by atoms with Gasteiger partial charge in [-0.3, -0.25) is 14.6 Å². The Morgan fingerprint density at radius 3 is 2.39 bits per heavy atom. The standard InChI is InChI=1S/C19H24N4O4S/c1-23(19(25)13-21-28(2,26)27)14-18(24)22-17(15-8-4-3-5-9-15)12-16-10-6-7-11-20-16/h3-11,17,21H,12-14H2,1-2H3,(H,22,24). The van der Waals surface area contributed by atoms with Gasteiger partial charge in [-0.15, -0.1) is 0 Å². The first-order valence-electron chi connectivity index (χ1n) is 8.67. The van der Waals surface area contributed by atoms with Gasteiger partial charge in [-0.2, -0.15) is 0 Å². The Hall–Kier alpha value is -2.78. The highest BCUT2D eigenvalue weighted by Gasteiger charge is 2.19. The molecule has 1 heterocycles. The normalized spacial score (nSPS) is 12.2. The molecule has 1 aromatic carbocycles. The van der Waals surface area contributed by atoms with E-state index in [0.29, 0.717) is 6.42 Å². The molecule has 0 spiro atoms. The third kappa shape index (κ3) is 7.45. The first kappa shape index (κ1) is 21.5. The maximum Gasteiger partial charge on any atom is 0.240 e. The predicted octanol–water partition coefficient (Wildman–Crippen LogP) is 0.489. The van der Waals surface area contributed by atoms with Gasteiger partial charge in [-0.05, 0) is 17.7 Å². The zero-order chi connectivity index (χ0) is 20.6. The van der Waals surface area contributed by atoms with Gasteiger partial charge in [0.2, 0.25) is 21.8 Å². The van der Waals surface area contributed by atoms with Crippen molar-refractivity contribution in [3.63, 3.8) is 0 Å². The lowest BCUT2D eigenvalue weighted by atomic mass is 10.0. The molecule has 0 aliphatic heterocycles. The molecule has 1 unspecified atom stereocenters. The summed E-state index contributed by atoms with van der Waals surface area (Å²) < 4.78 is 24.3. The molecule has 2 N–H and O–H groups in total. The van der Waals surface area contributed by atoms with Crippen LogP contribution >= 0.6 is 0 Å². The van der Waals surface area contributed by atoms with Crippen LogP contribution in [0.1, 0.15) is 17.3 Å². The molecule has 0 saturated heterocycles. The van der Waals surface area contributed by atoms with E-state index in [4.69, 9.17) is 0 Å². The summed E-state index contributed by atoms with van der Waals surface area (Å²) in [4.78, 5) is 29.9. The van der Waals surface area contributed by atoms with E-state index >= 15 is 0 Å². The lowest BCUT2D eigenvalue weighted by Gasteiger charge is -2.22. The second kappa shape index (κ2) is 9.95. The van der Waals surface area contributed by atoms with Gasteiger partial charge in [-0.25, -0.2) is 13.1 Å². The number of hydrogen-bond acceptors (Lipinski definition) is 5. The molecule has 28 heavy (non-hydrogen) atoms. The Morgan fingerprint density at radius 2 is 1.79 bits per heavy atom. The van der Waals surface area contributed by atoms with Crippen LogP contribution in [0.15, 0.2) is 54.7 Å². The summed E-state index contributed by atoms with van der Waals surface area (Å²) in [6.07, 6.45) is 3.17. The number of amides is 2. The van der Waals surface area contributed by atoms with Crippen molar-refractivity contribution in [3.05, 3.63) is 66.0 Å². The van der Waals surface area contributed by atoms with E-state index in [1.165, 1.54) is 11.9 Å². The Kier molecular flexibility index (Phi) is 7.65. The summed E-state index contributed by atoms with van der Waals surface area (Å²) in [5.41, 5.74) is 1.76. The van der Waals surface area contributed by atoms with Crippen molar-refractivity contribution >= 4 is 21.8 Å². The minimum absolute atomic E-state index is 0.185. The van der Waals surface area contributed by atoms with Gasteiger partial charge in [0, 0.05) is 25.4 Å². The monoisotopic (exact) mass is 404 g/mol. The van der Waals surface area contributed by atoms with Crippen molar-refractivity contribution < 1.29 is 18.0 Å². The number of nitrogens with zero attached hydrogens (tertiary/aromatic N) is 2. The molecule has 2 rings (SSSR count). The molecule has 0 saturated carbocycles. The molecule has 8 nitrogen and oxygen atoms in total. The molecule has 2 aromatic rings. The van der Waals surface area contributed by atoms with Crippen molar-refractivity contribution in [2.75, 3.05) is 26.4 Å². The van der Waals surface area contributed by atoms with Crippen molar-refractivity contribution in [2.45, 2.75) is 12.5 Å². The highest BCUT2D eigenvalue weighted by atomic mass is 32.2. The minimum Gasteiger partial charge on any atom is -0.347 e. The van der Waals surface area contributed by atoms with Crippen LogP contribution in [0, 0.1) is 0 Å². The highest BCUT2D eigenvalue weighted by molar-refractivity contribution is 7.88. The van der Waals surface area contributed by atoms with E-state index in [9.17, 15) is 18.0 Å². The second-order valence-electron chi connectivity index (χ2n) is 6.40. The van der Waals surface area contributed by atoms with Gasteiger partial charge in [0.05, 0.1) is 25.4 Å². The average molecular weight is 404 g/mol. The molecular weight excluding hydrogens is 380 g/mol. The molecule has 9 heteroatoms. The first-order valence-corrected chi connectivity index (χ1v) is 10.6. The fourth-order valence-electron chi connectivity index (χ4n) is 2.54. The number of benzene rings is 1. The number of likely N-dealkylation sites (N-methyl/N-ethyl adjacent to an activating group) is 1. The second-order valence-corrected chi connectivity index (χ2v) is 8.23. The summed E-state index contributed by atoms with van der Waals surface area (Å²) >= 11 is 0. The third-order valence-electron chi connectivity index (χ3n) is 3.97. The summed E-state index contributed by atoms with van der Waals surface area (Å²) in [5.74, 6) is -0.846. The average Bonchev–Trinajstić information content (AvgIpc) is 2.66. The van der Waals surface area contributed by atoms with Crippen LogP contribution < -0.4 is 10.0 Å². The molecule has 0 aliphatic carbocycles. The van der Waals surface area contributed by atoms with Crippen molar-refractivity contribution in [1.82, 2.24) is 19.9 Å². The molecule has 0 aliphatic rings. The molecular formula is C19H24N4O4S. The quantitative estimate of drug-likeness (QED) is 0.632. The van der Waals surface area contributed by atoms with E-state index in [0.717, 1.165) is 17.5 Å². The smallest absolute Gasteiger partial charge is 0.240 e. The lowest BCUT2D eigenvalue weighted by molar-refractivity contribution is -0.134. The fourth-order valence-corrected chi connectivity index (χ4v) is 2.92. The topological polar surface area (TPSA) is 108 Å². The predicted molar refractivity (Wildman–Crippen MR) is 106 cm³/mol. The summed E-state index contributed by atoms with van der Waals surface area (Å²) in [7, 11) is -2.03. The third-order valence-corrected chi connectivity index (χ3v) is 4.64. The Morgan fingerprint density at radius 1 is 1.11 bits per heavy atom. The number of pyridine rings is 1. The van der Waals surface area contributed by atoms with Crippen molar-refractivity contribution in [1.29, 1.82) is 0 Å². The van der Waals surface area contributed by atoms with Crippen LogP contribution in [0.3, 0.4) is 0 Å². The summed E-state index contributed by atoms with van der Waals surface area (Å²) in [6.45, 7) is -0.575. The van der Waals surface area contributed by atoms with Crippen LogP contribution in [-0.2, 0) is 26.0 Å². The summed E-state index contributed by atoms with van der Waals surface area (Å²) in [6, 6.07) is 14.8. The molecule has 1 aromatic heterocycles. The highest BCUT2D eigenvalue weighted by Crippen LogP contribution is 2.17. The number of carbonyl (C=O) groups excluding carboxylic acids is 2. The molecule has 0 bridgehead atoms. The largest absolute Gasteiger partial charge is 0.347 e. The van der Waals surface area contributed by atoms with Gasteiger partial charge in [-0.1, -0.05) is 36.4 Å². The molecule has 150 valence electrons. The Labute approximate surface area is 165 Å². The van der Waals surface area contributed by atoms with Gasteiger partial charge < -0.3 is 10.2 Å². The molecule has 0 radical (unpaired) electrons. The number of hydrogen-bond donors (Lipinski definition) is 2. The summed E-state index contributed by atoms with van der Waals surface area (Å²) in [5, 5.41) is 2.93. The van der Waals surface area contributed by atoms with Gasteiger partial charge >= 0.3 is 0 Å². The molecule has 0 fully saturated rings. The number of carbonyl (C=O) groups is 2. The molecule has 1 atom stereocenters. The van der Waals surface area contributed by atoms with E-state index in [2.05, 4.69) is 15.0 Å². The van der Waals surface area contributed by atoms with Crippen LogP contribution in [0.4, 0.5) is 0 Å². The SMILES string of the molecule is CN(CC(=O)NC(Cc1ccccn1)c1ccccc1)C(=O)CNS(C)(=O)=O. The lowest BCUT2D eigenvalue weighted by Crippen LogP contribution is -2.43. The van der Waals surface area contributed by atoms with Crippen LogP contribution in [0.2, 0.25) is 0 Å². The van der Waals surface area contributed by atoms with Crippen LogP contribution in [0.5, 0.6) is 0 Å². The van der Waals surface area contributed by atoms with Crippen molar-refractivity contribution in [2.24, 2.45) is 0 Å². The fraction of sp³-hybridized carbons (Fsp3) is 0.316. The van der Waals surface area contributed by atoms with Crippen LogP contribution in [-0.4, -0.2) is 56.5 Å². The zero-order valence-electron chi connectivity index (χ0n) is 15.8. The minimum atomic E-state index is -3.48. The van der Waals surface area contributed by atoms with E-state index in [1.54, 1.807) is 6.20 Å². The number of aromatic nitrogens is 1. The van der Waals surface area contributed by atoms with E-state index in [1.807, 2.05) is 48.5 Å². The van der Waals surface area contributed by atoms with Gasteiger partial charge in [0.1, 0.15) is 0 Å². The first-order chi connectivity index (χ1) is 13.2. The van der Waals surface area contributed by atoms with Gasteiger partial charge in [0.25, 0.3) is 0 Å². The van der Waals surface area contributed by atoms with Crippen LogP contribution in [0.25, 0.3) is 0 Å². The van der Waals surface area contributed by atoms with Gasteiger partial charge in [0.15, 0.2) is 0 Å². The Bertz CT molecular complexity index is 889.